The van der Waals surface area contributed by atoms with E-state index in [9.17, 15) is 0 Å². The summed E-state index contributed by atoms with van der Waals surface area (Å²) in [6, 6.07) is 10.0. The predicted octanol–water partition coefficient (Wildman–Crippen LogP) is 6.27. The molecule has 0 heteroatoms. The van der Waals surface area contributed by atoms with Crippen molar-refractivity contribution in [3.63, 3.8) is 0 Å². The van der Waals surface area contributed by atoms with Gasteiger partial charge in [0.2, 0.25) is 0 Å². The SMILES string of the molecule is C/C=C/CC.C=CCCC.C=Cc1ccccc1. The summed E-state index contributed by atoms with van der Waals surface area (Å²) < 4.78 is 0. The minimum Gasteiger partial charge on any atom is -0.103 e. The highest BCUT2D eigenvalue weighted by molar-refractivity contribution is 5.45. The molecule has 0 nitrogen and oxygen atoms in total. The van der Waals surface area contributed by atoms with Crippen LogP contribution in [0.4, 0.5) is 0 Å². The first-order valence-corrected chi connectivity index (χ1v) is 6.66. The van der Waals surface area contributed by atoms with E-state index < -0.39 is 0 Å². The monoisotopic (exact) mass is 244 g/mol. The number of benzene rings is 1. The Morgan fingerprint density at radius 3 is 1.83 bits per heavy atom. The minimum absolute atomic E-state index is 1.15. The van der Waals surface area contributed by atoms with Gasteiger partial charge in [0.1, 0.15) is 0 Å². The fourth-order valence-electron chi connectivity index (χ4n) is 1.03. The largest absolute Gasteiger partial charge is 0.103 e. The second-order valence-electron chi connectivity index (χ2n) is 3.67. The van der Waals surface area contributed by atoms with Crippen LogP contribution in [0.25, 0.3) is 6.08 Å². The van der Waals surface area contributed by atoms with Crippen LogP contribution < -0.4 is 0 Å². The van der Waals surface area contributed by atoms with Crippen molar-refractivity contribution in [2.24, 2.45) is 0 Å². The van der Waals surface area contributed by atoms with E-state index in [0.29, 0.717) is 0 Å². The zero-order valence-corrected chi connectivity index (χ0v) is 12.2. The van der Waals surface area contributed by atoms with E-state index in [0.717, 1.165) is 12.8 Å². The van der Waals surface area contributed by atoms with Crippen LogP contribution in [0.1, 0.15) is 45.6 Å². The summed E-state index contributed by atoms with van der Waals surface area (Å²) in [5.74, 6) is 0. The van der Waals surface area contributed by atoms with Crippen molar-refractivity contribution in [2.75, 3.05) is 0 Å². The molecule has 0 bridgehead atoms. The van der Waals surface area contributed by atoms with Crippen LogP contribution in [0.5, 0.6) is 0 Å². The Morgan fingerprint density at radius 1 is 1.06 bits per heavy atom. The molecule has 0 spiro atoms. The van der Waals surface area contributed by atoms with Crippen molar-refractivity contribution < 1.29 is 0 Å². The van der Waals surface area contributed by atoms with Crippen molar-refractivity contribution in [1.82, 2.24) is 0 Å². The van der Waals surface area contributed by atoms with E-state index in [1.54, 1.807) is 0 Å². The number of hydrogen-bond acceptors (Lipinski definition) is 0. The zero-order chi connectivity index (χ0) is 14.1. The van der Waals surface area contributed by atoms with Crippen molar-refractivity contribution >= 4 is 6.08 Å². The summed E-state index contributed by atoms with van der Waals surface area (Å²) in [6.07, 6.45) is 11.5. The third-order valence-corrected chi connectivity index (χ3v) is 2.00. The first-order valence-electron chi connectivity index (χ1n) is 6.66. The van der Waals surface area contributed by atoms with Crippen LogP contribution in [0, 0.1) is 0 Å². The van der Waals surface area contributed by atoms with Gasteiger partial charge in [0.05, 0.1) is 0 Å². The Morgan fingerprint density at radius 2 is 1.67 bits per heavy atom. The van der Waals surface area contributed by atoms with Crippen molar-refractivity contribution in [2.45, 2.75) is 40.0 Å². The fourth-order valence-corrected chi connectivity index (χ4v) is 1.03. The van der Waals surface area contributed by atoms with Gasteiger partial charge in [-0.05, 0) is 25.3 Å². The molecule has 0 heterocycles. The molecule has 100 valence electrons. The number of allylic oxidation sites excluding steroid dienone is 3. The summed E-state index contributed by atoms with van der Waals surface area (Å²) in [7, 11) is 0. The van der Waals surface area contributed by atoms with E-state index in [1.807, 2.05) is 49.4 Å². The van der Waals surface area contributed by atoms with Gasteiger partial charge in [-0.2, -0.15) is 0 Å². The molecule has 0 saturated carbocycles. The van der Waals surface area contributed by atoms with Crippen molar-refractivity contribution in [3.8, 4) is 0 Å². The molecule has 0 atom stereocenters. The van der Waals surface area contributed by atoms with Gasteiger partial charge in [-0.1, -0.05) is 81.5 Å². The van der Waals surface area contributed by atoms with E-state index >= 15 is 0 Å². The van der Waals surface area contributed by atoms with Crippen LogP contribution in [-0.2, 0) is 0 Å². The Balaban J connectivity index is 0. The quantitative estimate of drug-likeness (QED) is 0.547. The van der Waals surface area contributed by atoms with Crippen molar-refractivity contribution in [1.29, 1.82) is 0 Å². The highest BCUT2D eigenvalue weighted by Gasteiger charge is 1.75. The highest BCUT2D eigenvalue weighted by Crippen LogP contribution is 1.97. The fraction of sp³-hybridized carbons (Fsp3) is 0.333. The van der Waals surface area contributed by atoms with Gasteiger partial charge in [0, 0.05) is 0 Å². The standard InChI is InChI=1S/C8H8.2C5H10/c1-2-8-6-4-3-5-7-8;2*1-3-5-4-2/h2-7H,1H2;3,5H,4H2,1-2H3;3H,1,4-5H2,2H3/b;5-3+;. The number of hydrogen-bond donors (Lipinski definition) is 0. The van der Waals surface area contributed by atoms with Crippen molar-refractivity contribution in [3.05, 3.63) is 67.3 Å². The summed E-state index contributed by atoms with van der Waals surface area (Å²) in [5, 5.41) is 0. The summed E-state index contributed by atoms with van der Waals surface area (Å²) in [5.41, 5.74) is 1.17. The smallest absolute Gasteiger partial charge is 0.0263 e. The Hall–Kier alpha value is -1.56. The van der Waals surface area contributed by atoms with Crippen LogP contribution in [0.15, 0.2) is 61.7 Å². The molecule has 0 unspecified atom stereocenters. The molecule has 1 aromatic rings. The van der Waals surface area contributed by atoms with Crippen LogP contribution in [0.2, 0.25) is 0 Å². The summed E-state index contributed by atoms with van der Waals surface area (Å²) in [6.45, 7) is 13.5. The maximum Gasteiger partial charge on any atom is -0.0263 e. The van der Waals surface area contributed by atoms with Gasteiger partial charge in [-0.3, -0.25) is 0 Å². The van der Waals surface area contributed by atoms with E-state index in [1.165, 1.54) is 12.0 Å². The lowest BCUT2D eigenvalue weighted by Gasteiger charge is -1.85. The molecule has 0 fully saturated rings. The van der Waals surface area contributed by atoms with Crippen LogP contribution in [0.3, 0.4) is 0 Å². The summed E-state index contributed by atoms with van der Waals surface area (Å²) >= 11 is 0. The molecule has 0 aliphatic rings. The molecule has 1 rings (SSSR count). The normalized spacial score (nSPS) is 8.61. The van der Waals surface area contributed by atoms with Gasteiger partial charge in [0.25, 0.3) is 0 Å². The second-order valence-corrected chi connectivity index (χ2v) is 3.67. The van der Waals surface area contributed by atoms with Crippen LogP contribution in [-0.4, -0.2) is 0 Å². The van der Waals surface area contributed by atoms with E-state index in [2.05, 4.69) is 39.2 Å². The molecule has 1 aromatic carbocycles. The van der Waals surface area contributed by atoms with Crippen LogP contribution >= 0.6 is 0 Å². The maximum atomic E-state index is 3.63. The molecule has 0 amide bonds. The lowest BCUT2D eigenvalue weighted by Crippen LogP contribution is -1.63. The number of unbranched alkanes of at least 4 members (excludes halogenated alkanes) is 1. The molecule has 0 N–H and O–H groups in total. The molecule has 0 saturated heterocycles. The molecular formula is C18H28. The first-order chi connectivity index (χ1) is 8.76. The zero-order valence-electron chi connectivity index (χ0n) is 12.2. The number of rotatable bonds is 4. The Labute approximate surface area is 114 Å². The second kappa shape index (κ2) is 17.8. The lowest BCUT2D eigenvalue weighted by molar-refractivity contribution is 0.961. The average molecular weight is 244 g/mol. The topological polar surface area (TPSA) is 0 Å². The van der Waals surface area contributed by atoms with Gasteiger partial charge in [0.15, 0.2) is 0 Å². The molecule has 0 radical (unpaired) electrons. The molecule has 18 heavy (non-hydrogen) atoms. The molecule has 0 aromatic heterocycles. The van der Waals surface area contributed by atoms with Gasteiger partial charge >= 0.3 is 0 Å². The van der Waals surface area contributed by atoms with E-state index in [4.69, 9.17) is 0 Å². The maximum absolute atomic E-state index is 3.63. The third kappa shape index (κ3) is 16.9. The molecule has 0 aliphatic carbocycles. The summed E-state index contributed by atoms with van der Waals surface area (Å²) in [4.78, 5) is 0. The Kier molecular flexibility index (Phi) is 18.6. The Bertz CT molecular complexity index is 293. The van der Waals surface area contributed by atoms with Gasteiger partial charge in [-0.15, -0.1) is 6.58 Å². The van der Waals surface area contributed by atoms with Gasteiger partial charge < -0.3 is 0 Å². The van der Waals surface area contributed by atoms with Gasteiger partial charge in [-0.25, -0.2) is 0 Å². The lowest BCUT2D eigenvalue weighted by atomic mass is 10.2. The molecule has 0 aliphatic heterocycles. The first kappa shape index (κ1) is 18.8. The molecular weight excluding hydrogens is 216 g/mol. The minimum atomic E-state index is 1.15. The average Bonchev–Trinajstić information content (AvgIpc) is 2.43. The third-order valence-electron chi connectivity index (χ3n) is 2.00. The highest BCUT2D eigenvalue weighted by atomic mass is 13.8. The van der Waals surface area contributed by atoms with E-state index in [-0.39, 0.29) is 0 Å². The predicted molar refractivity (Wildman–Crippen MR) is 86.7 cm³/mol.